The number of nitrogens with zero attached hydrogens (tertiary/aromatic N) is 1. The van der Waals surface area contributed by atoms with E-state index in [1.807, 2.05) is 18.2 Å². The van der Waals surface area contributed by atoms with Crippen LogP contribution in [0.25, 0.3) is 0 Å². The molecule has 0 fully saturated rings. The molecule has 0 spiro atoms. The summed E-state index contributed by atoms with van der Waals surface area (Å²) in [5.74, 6) is 0. The number of carbonyl (C=O) groups excluding carboxylic acids is 1. The summed E-state index contributed by atoms with van der Waals surface area (Å²) >= 11 is 12.5. The fourth-order valence-corrected chi connectivity index (χ4v) is 4.01. The SMILES string of the molecule is CC(C)(C)NC(=O)NC(Cc1ccccc1)(c1ccc(Cl)cn1)c1cc(C(F)(F)F)ccc1Cl. The molecule has 1 unspecified atom stereocenters. The van der Waals surface area contributed by atoms with Gasteiger partial charge in [0.1, 0.15) is 5.54 Å². The predicted molar refractivity (Wildman–Crippen MR) is 128 cm³/mol. The topological polar surface area (TPSA) is 54.0 Å². The first-order chi connectivity index (χ1) is 15.8. The summed E-state index contributed by atoms with van der Waals surface area (Å²) < 4.78 is 41.0. The second-order valence-electron chi connectivity index (χ2n) is 8.95. The van der Waals surface area contributed by atoms with Crippen LogP contribution in [0.2, 0.25) is 10.0 Å². The van der Waals surface area contributed by atoms with E-state index in [1.165, 1.54) is 12.3 Å². The third-order valence-electron chi connectivity index (χ3n) is 5.05. The van der Waals surface area contributed by atoms with E-state index < -0.39 is 28.8 Å². The predicted octanol–water partition coefficient (Wildman–Crippen LogP) is 6.99. The zero-order valence-electron chi connectivity index (χ0n) is 18.8. The molecule has 1 atom stereocenters. The fourth-order valence-electron chi connectivity index (χ4n) is 3.62. The number of benzene rings is 2. The van der Waals surface area contributed by atoms with Gasteiger partial charge in [0.05, 0.1) is 16.3 Å². The third-order valence-corrected chi connectivity index (χ3v) is 5.60. The van der Waals surface area contributed by atoms with Gasteiger partial charge in [-0.3, -0.25) is 4.98 Å². The Labute approximate surface area is 206 Å². The molecule has 9 heteroatoms. The van der Waals surface area contributed by atoms with Crippen LogP contribution in [-0.4, -0.2) is 16.6 Å². The van der Waals surface area contributed by atoms with Crippen LogP contribution < -0.4 is 10.6 Å². The van der Waals surface area contributed by atoms with Gasteiger partial charge in [0.2, 0.25) is 0 Å². The first kappa shape index (κ1) is 25.8. The molecule has 1 aromatic heterocycles. The number of halogens is 5. The average molecular weight is 510 g/mol. The zero-order valence-corrected chi connectivity index (χ0v) is 20.3. The van der Waals surface area contributed by atoms with E-state index in [0.717, 1.165) is 17.7 Å². The molecule has 2 N–H and O–H groups in total. The van der Waals surface area contributed by atoms with Crippen molar-refractivity contribution in [3.05, 3.63) is 99.3 Å². The summed E-state index contributed by atoms with van der Waals surface area (Å²) in [6, 6.07) is 14.6. The Morgan fingerprint density at radius 2 is 1.62 bits per heavy atom. The van der Waals surface area contributed by atoms with E-state index in [1.54, 1.807) is 45.0 Å². The molecule has 0 aliphatic rings. The van der Waals surface area contributed by atoms with Crippen LogP contribution in [-0.2, 0) is 18.1 Å². The minimum Gasteiger partial charge on any atom is -0.334 e. The molecule has 34 heavy (non-hydrogen) atoms. The summed E-state index contributed by atoms with van der Waals surface area (Å²) in [5.41, 5.74) is -1.94. The standard InChI is InChI=1S/C25H24Cl2F3N3O/c1-23(2,3)32-22(34)33-24(14-16-7-5-4-6-8-16,21-12-10-18(26)15-31-21)19-13-17(25(28,29)30)9-11-20(19)27/h4-13,15H,14H2,1-3H3,(H2,32,33,34). The molecule has 0 aliphatic heterocycles. The second kappa shape index (κ2) is 9.84. The first-order valence-electron chi connectivity index (χ1n) is 10.4. The number of amides is 2. The molecule has 0 bridgehead atoms. The summed E-state index contributed by atoms with van der Waals surface area (Å²) in [6.07, 6.45) is -3.15. The lowest BCUT2D eigenvalue weighted by Crippen LogP contribution is -2.56. The average Bonchev–Trinajstić information content (AvgIpc) is 2.72. The van der Waals surface area contributed by atoms with Gasteiger partial charge in [0.15, 0.2) is 0 Å². The van der Waals surface area contributed by atoms with Gasteiger partial charge in [-0.2, -0.15) is 13.2 Å². The number of hydrogen-bond acceptors (Lipinski definition) is 2. The van der Waals surface area contributed by atoms with Crippen LogP contribution in [0, 0.1) is 0 Å². The van der Waals surface area contributed by atoms with Crippen LogP contribution in [0.4, 0.5) is 18.0 Å². The monoisotopic (exact) mass is 509 g/mol. The number of aromatic nitrogens is 1. The Kier molecular flexibility index (Phi) is 7.48. The molecular weight excluding hydrogens is 486 g/mol. The van der Waals surface area contributed by atoms with Crippen molar-refractivity contribution in [1.82, 2.24) is 15.6 Å². The summed E-state index contributed by atoms with van der Waals surface area (Å²) in [5, 5.41) is 6.10. The summed E-state index contributed by atoms with van der Waals surface area (Å²) in [6.45, 7) is 5.38. The van der Waals surface area contributed by atoms with Crippen molar-refractivity contribution in [1.29, 1.82) is 0 Å². The van der Waals surface area contributed by atoms with Crippen LogP contribution in [0.15, 0.2) is 66.9 Å². The molecule has 2 amide bonds. The van der Waals surface area contributed by atoms with Gasteiger partial charge in [-0.05, 0) is 56.7 Å². The molecular formula is C25H24Cl2F3N3O. The lowest BCUT2D eigenvalue weighted by molar-refractivity contribution is -0.137. The van der Waals surface area contributed by atoms with E-state index >= 15 is 0 Å². The number of rotatable bonds is 5. The Hall–Kier alpha value is -2.77. The van der Waals surface area contributed by atoms with Crippen LogP contribution >= 0.6 is 23.2 Å². The summed E-state index contributed by atoms with van der Waals surface area (Å²) in [7, 11) is 0. The fraction of sp³-hybridized carbons (Fsp3) is 0.280. The maximum absolute atomic E-state index is 13.7. The molecule has 0 saturated carbocycles. The largest absolute Gasteiger partial charge is 0.416 e. The highest BCUT2D eigenvalue weighted by atomic mass is 35.5. The third kappa shape index (κ3) is 6.21. The van der Waals surface area contributed by atoms with E-state index in [2.05, 4.69) is 15.6 Å². The summed E-state index contributed by atoms with van der Waals surface area (Å²) in [4.78, 5) is 17.5. The van der Waals surface area contributed by atoms with Gasteiger partial charge < -0.3 is 10.6 Å². The molecule has 0 radical (unpaired) electrons. The normalized spacial score (nSPS) is 13.8. The number of pyridine rings is 1. The van der Waals surface area contributed by atoms with Gasteiger partial charge >= 0.3 is 12.2 Å². The molecule has 180 valence electrons. The van der Waals surface area contributed by atoms with Crippen molar-refractivity contribution >= 4 is 29.2 Å². The quantitative estimate of drug-likeness (QED) is 0.389. The molecule has 1 heterocycles. The van der Waals surface area contributed by atoms with Crippen molar-refractivity contribution in [3.63, 3.8) is 0 Å². The van der Waals surface area contributed by atoms with Crippen molar-refractivity contribution in [2.24, 2.45) is 0 Å². The number of alkyl halides is 3. The van der Waals surface area contributed by atoms with Crippen molar-refractivity contribution in [2.75, 3.05) is 0 Å². The van der Waals surface area contributed by atoms with Crippen LogP contribution in [0.5, 0.6) is 0 Å². The maximum atomic E-state index is 13.7. The number of carbonyl (C=O) groups is 1. The van der Waals surface area contributed by atoms with Crippen molar-refractivity contribution in [2.45, 2.75) is 44.4 Å². The van der Waals surface area contributed by atoms with Gasteiger partial charge in [-0.25, -0.2) is 4.79 Å². The maximum Gasteiger partial charge on any atom is 0.416 e. The molecule has 0 aliphatic carbocycles. The van der Waals surface area contributed by atoms with Gasteiger partial charge in [-0.1, -0.05) is 53.5 Å². The van der Waals surface area contributed by atoms with Gasteiger partial charge in [0.25, 0.3) is 0 Å². The Bertz CT molecular complexity index is 1150. The Balaban J connectivity index is 2.31. The lowest BCUT2D eigenvalue weighted by Gasteiger charge is -2.37. The minimum atomic E-state index is -4.61. The molecule has 4 nitrogen and oxygen atoms in total. The van der Waals surface area contributed by atoms with Crippen molar-refractivity contribution < 1.29 is 18.0 Å². The second-order valence-corrected chi connectivity index (χ2v) is 9.79. The smallest absolute Gasteiger partial charge is 0.334 e. The minimum absolute atomic E-state index is 0.0525. The van der Waals surface area contributed by atoms with E-state index in [-0.39, 0.29) is 22.7 Å². The number of nitrogens with one attached hydrogen (secondary N) is 2. The Morgan fingerprint density at radius 1 is 0.941 bits per heavy atom. The van der Waals surface area contributed by atoms with E-state index in [4.69, 9.17) is 23.2 Å². The van der Waals surface area contributed by atoms with Gasteiger partial charge in [0, 0.05) is 28.7 Å². The molecule has 3 aromatic rings. The highest BCUT2D eigenvalue weighted by molar-refractivity contribution is 6.31. The van der Waals surface area contributed by atoms with Crippen LogP contribution in [0.1, 0.15) is 43.2 Å². The number of urea groups is 1. The number of hydrogen-bond donors (Lipinski definition) is 2. The van der Waals surface area contributed by atoms with Crippen molar-refractivity contribution in [3.8, 4) is 0 Å². The first-order valence-corrected chi connectivity index (χ1v) is 11.2. The zero-order chi connectivity index (χ0) is 25.1. The highest BCUT2D eigenvalue weighted by Gasteiger charge is 2.42. The highest BCUT2D eigenvalue weighted by Crippen LogP contribution is 2.40. The molecule has 3 rings (SSSR count). The Morgan fingerprint density at radius 3 is 2.18 bits per heavy atom. The molecule has 2 aromatic carbocycles. The lowest BCUT2D eigenvalue weighted by atomic mass is 9.79. The van der Waals surface area contributed by atoms with E-state index in [0.29, 0.717) is 5.02 Å². The van der Waals surface area contributed by atoms with E-state index in [9.17, 15) is 18.0 Å². The van der Waals surface area contributed by atoms with Gasteiger partial charge in [-0.15, -0.1) is 0 Å². The molecule has 0 saturated heterocycles. The van der Waals surface area contributed by atoms with Crippen LogP contribution in [0.3, 0.4) is 0 Å².